The van der Waals surface area contributed by atoms with Gasteiger partial charge in [-0.15, -0.1) is 0 Å². The number of hydrogen-bond acceptors (Lipinski definition) is 2. The van der Waals surface area contributed by atoms with Crippen molar-refractivity contribution >= 4 is 0 Å². The minimum Gasteiger partial charge on any atom is -0.384 e. The van der Waals surface area contributed by atoms with Gasteiger partial charge in [0, 0.05) is 6.54 Å². The third-order valence-corrected chi connectivity index (χ3v) is 1.68. The Balaban J connectivity index is 3.02. The van der Waals surface area contributed by atoms with Crippen LogP contribution in [-0.4, -0.2) is 14.7 Å². The predicted molar refractivity (Wildman–Crippen MR) is 43.1 cm³/mol. The van der Waals surface area contributed by atoms with Gasteiger partial charge >= 0.3 is 0 Å². The second kappa shape index (κ2) is 2.66. The number of imidazole rings is 1. The Morgan fingerprint density at radius 3 is 2.64 bits per heavy atom. The van der Waals surface area contributed by atoms with Crippen molar-refractivity contribution in [3.8, 4) is 0 Å². The fourth-order valence-electron chi connectivity index (χ4n) is 1.08. The van der Waals surface area contributed by atoms with Gasteiger partial charge in [-0.1, -0.05) is 0 Å². The van der Waals surface area contributed by atoms with E-state index in [2.05, 4.69) is 4.98 Å². The van der Waals surface area contributed by atoms with Gasteiger partial charge in [0.25, 0.3) is 0 Å². The van der Waals surface area contributed by atoms with Crippen molar-refractivity contribution in [2.75, 3.05) is 0 Å². The standard InChI is InChI=1S/C8H14N2O/c1-4-10-6-9-5-7(10)8(2,3)11/h5-6,11H,4H2,1-3H3. The van der Waals surface area contributed by atoms with Crippen LogP contribution in [0.3, 0.4) is 0 Å². The number of hydrogen-bond donors (Lipinski definition) is 1. The summed E-state index contributed by atoms with van der Waals surface area (Å²) in [7, 11) is 0. The summed E-state index contributed by atoms with van der Waals surface area (Å²) in [5.74, 6) is 0. The molecule has 0 fully saturated rings. The Hall–Kier alpha value is -0.830. The van der Waals surface area contributed by atoms with Crippen LogP contribution in [0.1, 0.15) is 26.5 Å². The number of aryl methyl sites for hydroxylation is 1. The van der Waals surface area contributed by atoms with Gasteiger partial charge in [-0.25, -0.2) is 4.98 Å². The molecular weight excluding hydrogens is 140 g/mol. The first kappa shape index (κ1) is 8.27. The summed E-state index contributed by atoms with van der Waals surface area (Å²) in [6.07, 6.45) is 3.43. The zero-order chi connectivity index (χ0) is 8.48. The number of rotatable bonds is 2. The molecule has 0 amide bonds. The molecule has 11 heavy (non-hydrogen) atoms. The normalized spacial score (nSPS) is 12.0. The Bertz CT molecular complexity index is 234. The van der Waals surface area contributed by atoms with Crippen LogP contribution in [-0.2, 0) is 12.1 Å². The molecule has 1 aromatic heterocycles. The van der Waals surface area contributed by atoms with E-state index >= 15 is 0 Å². The topological polar surface area (TPSA) is 38.0 Å². The van der Waals surface area contributed by atoms with Crippen molar-refractivity contribution in [3.05, 3.63) is 18.2 Å². The quantitative estimate of drug-likeness (QED) is 0.693. The van der Waals surface area contributed by atoms with Crippen molar-refractivity contribution in [3.63, 3.8) is 0 Å². The summed E-state index contributed by atoms with van der Waals surface area (Å²) in [5, 5.41) is 9.63. The SMILES string of the molecule is CCn1cncc1C(C)(C)O. The smallest absolute Gasteiger partial charge is 0.101 e. The highest BCUT2D eigenvalue weighted by molar-refractivity contribution is 5.07. The summed E-state index contributed by atoms with van der Waals surface area (Å²) < 4.78 is 1.93. The van der Waals surface area contributed by atoms with Crippen LogP contribution in [0, 0.1) is 0 Å². The number of nitrogens with zero attached hydrogens (tertiary/aromatic N) is 2. The van der Waals surface area contributed by atoms with Crippen molar-refractivity contribution in [2.24, 2.45) is 0 Å². The lowest BCUT2D eigenvalue weighted by Gasteiger charge is -2.18. The van der Waals surface area contributed by atoms with Gasteiger partial charge in [0.05, 0.1) is 18.2 Å². The maximum Gasteiger partial charge on any atom is 0.101 e. The molecule has 3 nitrogen and oxygen atoms in total. The molecule has 1 aromatic rings. The van der Waals surface area contributed by atoms with Gasteiger partial charge < -0.3 is 9.67 Å². The third-order valence-electron chi connectivity index (χ3n) is 1.68. The van der Waals surface area contributed by atoms with Gasteiger partial charge in [-0.3, -0.25) is 0 Å². The molecule has 0 atom stereocenters. The molecule has 0 unspecified atom stereocenters. The molecular formula is C8H14N2O. The maximum atomic E-state index is 9.63. The fourth-order valence-corrected chi connectivity index (χ4v) is 1.08. The molecule has 0 aliphatic carbocycles. The van der Waals surface area contributed by atoms with Gasteiger partial charge in [-0.2, -0.15) is 0 Å². The van der Waals surface area contributed by atoms with Crippen molar-refractivity contribution in [1.82, 2.24) is 9.55 Å². The van der Waals surface area contributed by atoms with Crippen LogP contribution in [0.25, 0.3) is 0 Å². The van der Waals surface area contributed by atoms with E-state index in [1.165, 1.54) is 0 Å². The molecule has 0 saturated carbocycles. The molecule has 1 N–H and O–H groups in total. The molecule has 0 bridgehead atoms. The maximum absolute atomic E-state index is 9.63. The molecule has 0 radical (unpaired) electrons. The van der Waals surface area contributed by atoms with E-state index in [0.717, 1.165) is 12.2 Å². The van der Waals surface area contributed by atoms with E-state index < -0.39 is 5.60 Å². The lowest BCUT2D eigenvalue weighted by atomic mass is 10.1. The monoisotopic (exact) mass is 154 g/mol. The Labute approximate surface area is 66.7 Å². The van der Waals surface area contributed by atoms with Gasteiger partial charge in [-0.05, 0) is 20.8 Å². The minimum atomic E-state index is -0.785. The van der Waals surface area contributed by atoms with Crippen LogP contribution in [0.4, 0.5) is 0 Å². The number of aliphatic hydroxyl groups is 1. The van der Waals surface area contributed by atoms with E-state index in [4.69, 9.17) is 0 Å². The Morgan fingerprint density at radius 1 is 1.64 bits per heavy atom. The van der Waals surface area contributed by atoms with Crippen LogP contribution in [0.5, 0.6) is 0 Å². The van der Waals surface area contributed by atoms with Crippen molar-refractivity contribution < 1.29 is 5.11 Å². The molecule has 0 aromatic carbocycles. The highest BCUT2D eigenvalue weighted by Gasteiger charge is 2.19. The largest absolute Gasteiger partial charge is 0.384 e. The predicted octanol–water partition coefficient (Wildman–Crippen LogP) is 1.13. The summed E-state index contributed by atoms with van der Waals surface area (Å²) in [5.41, 5.74) is 0.0759. The van der Waals surface area contributed by atoms with Crippen LogP contribution < -0.4 is 0 Å². The third kappa shape index (κ3) is 1.60. The summed E-state index contributed by atoms with van der Waals surface area (Å²) in [4.78, 5) is 3.96. The molecule has 0 aliphatic rings. The average Bonchev–Trinajstić information content (AvgIpc) is 2.31. The first-order chi connectivity index (χ1) is 5.05. The first-order valence-corrected chi connectivity index (χ1v) is 3.78. The molecule has 3 heteroatoms. The molecule has 1 rings (SSSR count). The zero-order valence-electron chi connectivity index (χ0n) is 7.20. The molecule has 1 heterocycles. The summed E-state index contributed by atoms with van der Waals surface area (Å²) >= 11 is 0. The van der Waals surface area contributed by atoms with E-state index in [0.29, 0.717) is 0 Å². The Kier molecular flexibility index (Phi) is 2.00. The first-order valence-electron chi connectivity index (χ1n) is 3.78. The van der Waals surface area contributed by atoms with Crippen LogP contribution >= 0.6 is 0 Å². The van der Waals surface area contributed by atoms with Crippen molar-refractivity contribution in [2.45, 2.75) is 32.9 Å². The highest BCUT2D eigenvalue weighted by atomic mass is 16.3. The second-order valence-electron chi connectivity index (χ2n) is 3.12. The van der Waals surface area contributed by atoms with Gasteiger partial charge in [0.1, 0.15) is 5.60 Å². The molecule has 62 valence electrons. The van der Waals surface area contributed by atoms with Crippen molar-refractivity contribution in [1.29, 1.82) is 0 Å². The summed E-state index contributed by atoms with van der Waals surface area (Å²) in [6, 6.07) is 0. The lowest BCUT2D eigenvalue weighted by Crippen LogP contribution is -2.20. The van der Waals surface area contributed by atoms with Gasteiger partial charge in [0.15, 0.2) is 0 Å². The molecule has 0 spiro atoms. The average molecular weight is 154 g/mol. The zero-order valence-corrected chi connectivity index (χ0v) is 7.20. The van der Waals surface area contributed by atoms with Gasteiger partial charge in [0.2, 0.25) is 0 Å². The van der Waals surface area contributed by atoms with E-state index in [1.807, 2.05) is 11.5 Å². The second-order valence-corrected chi connectivity index (χ2v) is 3.12. The van der Waals surface area contributed by atoms with E-state index in [-0.39, 0.29) is 0 Å². The Morgan fingerprint density at radius 2 is 2.27 bits per heavy atom. The van der Waals surface area contributed by atoms with E-state index in [9.17, 15) is 5.11 Å². The van der Waals surface area contributed by atoms with Crippen LogP contribution in [0.2, 0.25) is 0 Å². The minimum absolute atomic E-state index is 0.785. The van der Waals surface area contributed by atoms with Crippen LogP contribution in [0.15, 0.2) is 12.5 Å². The summed E-state index contributed by atoms with van der Waals surface area (Å²) in [6.45, 7) is 6.39. The molecule has 0 aliphatic heterocycles. The highest BCUT2D eigenvalue weighted by Crippen LogP contribution is 2.18. The lowest BCUT2D eigenvalue weighted by molar-refractivity contribution is 0.0699. The number of aromatic nitrogens is 2. The van der Waals surface area contributed by atoms with E-state index in [1.54, 1.807) is 26.4 Å². The fraction of sp³-hybridized carbons (Fsp3) is 0.625. The molecule has 0 saturated heterocycles.